The molecule has 1 atom stereocenters. The number of nitrogens with one attached hydrogen (secondary N) is 2. The molecule has 0 spiro atoms. The molecule has 1 fully saturated rings. The lowest BCUT2D eigenvalue weighted by Gasteiger charge is -2.39. The zero-order valence-electron chi connectivity index (χ0n) is 19.9. The number of anilines is 2. The number of furan rings is 1. The van der Waals surface area contributed by atoms with Gasteiger partial charge in [0.2, 0.25) is 6.79 Å². The van der Waals surface area contributed by atoms with Gasteiger partial charge in [0.05, 0.1) is 19.4 Å². The van der Waals surface area contributed by atoms with Gasteiger partial charge in [-0.1, -0.05) is 0 Å². The Balaban J connectivity index is 1.17. The van der Waals surface area contributed by atoms with Gasteiger partial charge < -0.3 is 34.2 Å². The van der Waals surface area contributed by atoms with E-state index in [2.05, 4.69) is 32.6 Å². The van der Waals surface area contributed by atoms with Gasteiger partial charge in [-0.15, -0.1) is 0 Å². The third-order valence-electron chi connectivity index (χ3n) is 6.36. The molecule has 0 aliphatic carbocycles. The summed E-state index contributed by atoms with van der Waals surface area (Å²) in [5, 5.41) is 5.36. The fraction of sp³-hybridized carbons (Fsp3) is 0.308. The maximum absolute atomic E-state index is 12.6. The van der Waals surface area contributed by atoms with E-state index in [4.69, 9.17) is 18.6 Å². The number of hydrogen-bond donors (Lipinski definition) is 2. The van der Waals surface area contributed by atoms with Crippen molar-refractivity contribution in [3.8, 4) is 17.2 Å². The summed E-state index contributed by atoms with van der Waals surface area (Å²) in [5.41, 5.74) is 1.59. The van der Waals surface area contributed by atoms with Gasteiger partial charge in [-0.25, -0.2) is 0 Å². The normalized spacial score (nSPS) is 15.9. The average Bonchev–Trinajstić information content (AvgIpc) is 3.61. The Kier molecular flexibility index (Phi) is 6.94. The second kappa shape index (κ2) is 10.6. The predicted octanol–water partition coefficient (Wildman–Crippen LogP) is 2.64. The minimum absolute atomic E-state index is 0.135. The highest BCUT2D eigenvalue weighted by atomic mass is 16.7. The Morgan fingerprint density at radius 2 is 1.75 bits per heavy atom. The molecule has 36 heavy (non-hydrogen) atoms. The minimum Gasteiger partial charge on any atom is -0.497 e. The number of ether oxygens (including phenoxy) is 3. The molecule has 3 aromatic rings. The lowest BCUT2D eigenvalue weighted by molar-refractivity contribution is -0.136. The van der Waals surface area contributed by atoms with Gasteiger partial charge in [0.1, 0.15) is 11.5 Å². The van der Waals surface area contributed by atoms with E-state index < -0.39 is 11.8 Å². The maximum Gasteiger partial charge on any atom is 0.313 e. The molecule has 0 saturated carbocycles. The molecule has 2 aliphatic heterocycles. The highest BCUT2D eigenvalue weighted by molar-refractivity contribution is 6.39. The SMILES string of the molecule is COc1ccc(N2CCN(C(CNC(=O)C(=O)Nc3ccc4c(c3)OCO4)c3ccco3)CC2)cc1. The number of carbonyl (C=O) groups excluding carboxylic acids is 2. The molecule has 1 aromatic heterocycles. The number of piperazine rings is 1. The third kappa shape index (κ3) is 5.23. The standard InChI is InChI=1S/C26H28N4O6/c1-33-20-7-5-19(6-8-20)29-10-12-30(13-11-29)21(22-3-2-14-34-22)16-27-25(31)26(32)28-18-4-9-23-24(15-18)36-17-35-23/h2-9,14-15,21H,10-13,16-17H2,1H3,(H,27,31)(H,28,32). The van der Waals surface area contributed by atoms with Crippen LogP contribution in [0.3, 0.4) is 0 Å². The van der Waals surface area contributed by atoms with E-state index in [1.54, 1.807) is 31.6 Å². The van der Waals surface area contributed by atoms with Crippen molar-refractivity contribution in [1.82, 2.24) is 10.2 Å². The molecule has 2 amide bonds. The molecule has 5 rings (SSSR count). The van der Waals surface area contributed by atoms with Crippen molar-refractivity contribution in [1.29, 1.82) is 0 Å². The molecular weight excluding hydrogens is 464 g/mol. The molecular formula is C26H28N4O6. The summed E-state index contributed by atoms with van der Waals surface area (Å²) in [7, 11) is 1.66. The first-order chi connectivity index (χ1) is 17.6. The summed E-state index contributed by atoms with van der Waals surface area (Å²) in [5.74, 6) is 1.22. The molecule has 2 N–H and O–H groups in total. The van der Waals surface area contributed by atoms with Crippen LogP contribution in [0.1, 0.15) is 11.8 Å². The van der Waals surface area contributed by atoms with Crippen molar-refractivity contribution >= 4 is 23.2 Å². The molecule has 0 radical (unpaired) electrons. The molecule has 2 aromatic carbocycles. The van der Waals surface area contributed by atoms with Crippen molar-refractivity contribution in [2.45, 2.75) is 6.04 Å². The van der Waals surface area contributed by atoms with Crippen LogP contribution in [0.2, 0.25) is 0 Å². The summed E-state index contributed by atoms with van der Waals surface area (Å²) in [6.45, 7) is 3.57. The smallest absolute Gasteiger partial charge is 0.313 e. The fourth-order valence-electron chi connectivity index (χ4n) is 4.41. The number of carbonyl (C=O) groups is 2. The zero-order valence-corrected chi connectivity index (χ0v) is 19.9. The Bertz CT molecular complexity index is 1190. The van der Waals surface area contributed by atoms with Crippen LogP contribution in [-0.2, 0) is 9.59 Å². The number of hydrogen-bond acceptors (Lipinski definition) is 8. The van der Waals surface area contributed by atoms with Gasteiger partial charge in [-0.3, -0.25) is 14.5 Å². The molecule has 2 aliphatic rings. The van der Waals surface area contributed by atoms with Gasteiger partial charge in [0.15, 0.2) is 11.5 Å². The summed E-state index contributed by atoms with van der Waals surface area (Å²) in [6, 6.07) is 16.5. The number of nitrogens with zero attached hydrogens (tertiary/aromatic N) is 2. The predicted molar refractivity (Wildman–Crippen MR) is 132 cm³/mol. The number of amides is 2. The Labute approximate surface area is 208 Å². The van der Waals surface area contributed by atoms with Crippen LogP contribution in [0.25, 0.3) is 0 Å². The molecule has 1 unspecified atom stereocenters. The molecule has 0 bridgehead atoms. The number of fused-ring (bicyclic) bond motifs is 1. The van der Waals surface area contributed by atoms with Crippen LogP contribution >= 0.6 is 0 Å². The summed E-state index contributed by atoms with van der Waals surface area (Å²) < 4.78 is 21.5. The average molecular weight is 493 g/mol. The summed E-state index contributed by atoms with van der Waals surface area (Å²) in [4.78, 5) is 29.6. The summed E-state index contributed by atoms with van der Waals surface area (Å²) in [6.07, 6.45) is 1.62. The monoisotopic (exact) mass is 492 g/mol. The van der Waals surface area contributed by atoms with Crippen LogP contribution in [0, 0.1) is 0 Å². The minimum atomic E-state index is -0.753. The molecule has 10 heteroatoms. The van der Waals surface area contributed by atoms with E-state index in [9.17, 15) is 9.59 Å². The van der Waals surface area contributed by atoms with E-state index in [-0.39, 0.29) is 19.4 Å². The number of methoxy groups -OCH3 is 1. The second-order valence-electron chi connectivity index (χ2n) is 8.48. The third-order valence-corrected chi connectivity index (χ3v) is 6.36. The molecule has 3 heterocycles. The molecule has 1 saturated heterocycles. The first-order valence-electron chi connectivity index (χ1n) is 11.8. The molecule has 10 nitrogen and oxygen atoms in total. The second-order valence-corrected chi connectivity index (χ2v) is 8.48. The van der Waals surface area contributed by atoms with Crippen LogP contribution < -0.4 is 29.7 Å². The van der Waals surface area contributed by atoms with E-state index in [0.717, 1.165) is 43.4 Å². The van der Waals surface area contributed by atoms with Crippen molar-refractivity contribution in [3.05, 3.63) is 66.6 Å². The van der Waals surface area contributed by atoms with Crippen molar-refractivity contribution in [2.24, 2.45) is 0 Å². The lowest BCUT2D eigenvalue weighted by Crippen LogP contribution is -2.50. The van der Waals surface area contributed by atoms with Crippen LogP contribution in [0.15, 0.2) is 65.3 Å². The largest absolute Gasteiger partial charge is 0.497 e. The maximum atomic E-state index is 12.6. The summed E-state index contributed by atoms with van der Waals surface area (Å²) >= 11 is 0. The Hall–Kier alpha value is -4.18. The zero-order chi connectivity index (χ0) is 24.9. The van der Waals surface area contributed by atoms with Crippen LogP contribution in [0.4, 0.5) is 11.4 Å². The number of benzene rings is 2. The van der Waals surface area contributed by atoms with Gasteiger partial charge in [-0.2, -0.15) is 0 Å². The van der Waals surface area contributed by atoms with Gasteiger partial charge >= 0.3 is 11.8 Å². The highest BCUT2D eigenvalue weighted by Gasteiger charge is 2.28. The van der Waals surface area contributed by atoms with Crippen LogP contribution in [0.5, 0.6) is 17.2 Å². The van der Waals surface area contributed by atoms with Crippen molar-refractivity contribution in [3.63, 3.8) is 0 Å². The topological polar surface area (TPSA) is 106 Å². The number of rotatable bonds is 7. The van der Waals surface area contributed by atoms with Crippen LogP contribution in [-0.4, -0.2) is 63.3 Å². The van der Waals surface area contributed by atoms with Gasteiger partial charge in [0, 0.05) is 50.2 Å². The van der Waals surface area contributed by atoms with Crippen molar-refractivity contribution < 1.29 is 28.2 Å². The van der Waals surface area contributed by atoms with E-state index >= 15 is 0 Å². The Morgan fingerprint density at radius 3 is 2.47 bits per heavy atom. The quantitative estimate of drug-likeness (QED) is 0.485. The van der Waals surface area contributed by atoms with E-state index in [1.165, 1.54) is 0 Å². The fourth-order valence-corrected chi connectivity index (χ4v) is 4.41. The molecule has 188 valence electrons. The van der Waals surface area contributed by atoms with Gasteiger partial charge in [0.25, 0.3) is 0 Å². The highest BCUT2D eigenvalue weighted by Crippen LogP contribution is 2.34. The van der Waals surface area contributed by atoms with E-state index in [1.807, 2.05) is 24.3 Å². The first kappa shape index (κ1) is 23.6. The first-order valence-corrected chi connectivity index (χ1v) is 11.8. The van der Waals surface area contributed by atoms with Crippen molar-refractivity contribution in [2.75, 3.05) is 56.8 Å². The van der Waals surface area contributed by atoms with Gasteiger partial charge in [-0.05, 0) is 48.5 Å². The van der Waals surface area contributed by atoms with E-state index in [0.29, 0.717) is 17.2 Å². The lowest BCUT2D eigenvalue weighted by atomic mass is 10.1. The Morgan fingerprint density at radius 1 is 0.972 bits per heavy atom.